The van der Waals surface area contributed by atoms with E-state index in [9.17, 15) is 10.9 Å². The Kier molecular flexibility index (Phi) is 4.40. The molecule has 1 rings (SSSR count). The highest BCUT2D eigenvalue weighted by molar-refractivity contribution is 14.2. The van der Waals surface area contributed by atoms with Gasteiger partial charge in [0.15, 0.2) is 0 Å². The molecule has 0 heterocycles. The van der Waals surface area contributed by atoms with E-state index in [0.717, 1.165) is 0 Å². The number of hydrogen-bond donors (Lipinski definition) is 0. The van der Waals surface area contributed by atoms with Gasteiger partial charge < -0.3 is 4.90 Å². The monoisotopic (exact) mass is 335 g/mol. The molecule has 0 saturated carbocycles. The molecular weight excluding hydrogens is 321 g/mol. The molecule has 1 aromatic rings. The van der Waals surface area contributed by atoms with Gasteiger partial charge in [0.2, 0.25) is 5.91 Å². The summed E-state index contributed by atoms with van der Waals surface area (Å²) in [5.74, 6) is -0.246. The Hall–Kier alpha value is -0.980. The number of amides is 1. The molecule has 0 aromatic heterocycles. The smallest absolute Gasteiger partial charge is 0.314 e. The van der Waals surface area contributed by atoms with Crippen LogP contribution in [0.15, 0.2) is 24.3 Å². The molecular formula is C11H14INO3. The third kappa shape index (κ3) is 2.78. The SMILES string of the molecule is CC(C)C(=O)N(C)c1ccccc1I(=O)=O. The zero-order chi connectivity index (χ0) is 12.3. The first kappa shape index (κ1) is 13.1. The van der Waals surface area contributed by atoms with Gasteiger partial charge in [0.05, 0.1) is 5.69 Å². The second-order valence-electron chi connectivity index (χ2n) is 3.72. The molecule has 0 bridgehead atoms. The molecule has 0 atom stereocenters. The van der Waals surface area contributed by atoms with Gasteiger partial charge >= 0.3 is 19.8 Å². The van der Waals surface area contributed by atoms with Gasteiger partial charge in [-0.1, -0.05) is 26.0 Å². The number of para-hydroxylation sites is 1. The number of benzene rings is 1. The highest BCUT2D eigenvalue weighted by Gasteiger charge is 2.18. The van der Waals surface area contributed by atoms with E-state index in [4.69, 9.17) is 0 Å². The maximum absolute atomic E-state index is 11.8. The van der Waals surface area contributed by atoms with Crippen molar-refractivity contribution in [2.45, 2.75) is 13.8 Å². The predicted octanol–water partition coefficient (Wildman–Crippen LogP) is 2.67. The van der Waals surface area contributed by atoms with Crippen LogP contribution in [-0.2, 0) is 10.9 Å². The predicted molar refractivity (Wildman–Crippen MR) is 68.8 cm³/mol. The van der Waals surface area contributed by atoms with E-state index in [2.05, 4.69) is 0 Å². The molecule has 16 heavy (non-hydrogen) atoms. The summed E-state index contributed by atoms with van der Waals surface area (Å²) in [5, 5.41) is 0. The van der Waals surface area contributed by atoms with Crippen molar-refractivity contribution in [2.75, 3.05) is 11.9 Å². The third-order valence-electron chi connectivity index (χ3n) is 2.20. The van der Waals surface area contributed by atoms with Crippen LogP contribution >= 0.6 is 19.8 Å². The molecule has 0 radical (unpaired) electrons. The molecule has 5 heteroatoms. The first-order chi connectivity index (χ1) is 7.45. The zero-order valence-corrected chi connectivity index (χ0v) is 11.6. The van der Waals surface area contributed by atoms with Gasteiger partial charge in [0, 0.05) is 13.0 Å². The molecule has 0 N–H and O–H groups in total. The van der Waals surface area contributed by atoms with Gasteiger partial charge in [-0.05, 0) is 12.1 Å². The van der Waals surface area contributed by atoms with Gasteiger partial charge in [-0.15, -0.1) is 0 Å². The first-order valence-electron chi connectivity index (χ1n) is 4.87. The maximum atomic E-state index is 11.8. The standard InChI is InChI=1S/C11H14INO3/c1-8(2)11(14)13(3)10-7-5-4-6-9(10)12(15)16/h4-8H,1-3H3. The average Bonchev–Trinajstić information content (AvgIpc) is 2.26. The minimum Gasteiger partial charge on any atom is -0.314 e. The number of carbonyl (C=O) groups is 1. The second kappa shape index (κ2) is 5.38. The van der Waals surface area contributed by atoms with E-state index >= 15 is 0 Å². The molecule has 1 aromatic carbocycles. The summed E-state index contributed by atoms with van der Waals surface area (Å²) in [6.07, 6.45) is 0. The molecule has 1 amide bonds. The number of rotatable bonds is 3. The molecule has 0 fully saturated rings. The van der Waals surface area contributed by atoms with Crippen molar-refractivity contribution < 1.29 is 10.9 Å². The summed E-state index contributed by atoms with van der Waals surface area (Å²) in [7, 11) is 1.60. The van der Waals surface area contributed by atoms with Crippen molar-refractivity contribution in [2.24, 2.45) is 5.92 Å². The molecule has 0 aliphatic carbocycles. The number of nitrogens with zero attached hydrogens (tertiary/aromatic N) is 1. The molecule has 0 saturated heterocycles. The van der Waals surface area contributed by atoms with E-state index in [1.807, 2.05) is 0 Å². The second-order valence-corrected chi connectivity index (χ2v) is 6.12. The van der Waals surface area contributed by atoms with Crippen molar-refractivity contribution in [1.82, 2.24) is 0 Å². The largest absolute Gasteiger partial charge is 0.342 e. The van der Waals surface area contributed by atoms with Crippen molar-refractivity contribution >= 4 is 31.4 Å². The molecule has 0 unspecified atom stereocenters. The lowest BCUT2D eigenvalue weighted by Gasteiger charge is -2.20. The fraction of sp³-hybridized carbons (Fsp3) is 0.364. The van der Waals surface area contributed by atoms with Crippen LogP contribution < -0.4 is 4.90 Å². The lowest BCUT2D eigenvalue weighted by molar-refractivity contribution is -0.121. The van der Waals surface area contributed by atoms with Crippen molar-refractivity contribution in [1.29, 1.82) is 0 Å². The van der Waals surface area contributed by atoms with Gasteiger partial charge in [-0.25, -0.2) is 6.14 Å². The number of halogens is 1. The molecule has 4 nitrogen and oxygen atoms in total. The van der Waals surface area contributed by atoms with Gasteiger partial charge in [-0.3, -0.25) is 4.79 Å². The first-order valence-corrected chi connectivity index (χ1v) is 7.71. The summed E-state index contributed by atoms with van der Waals surface area (Å²) in [5.41, 5.74) is 0.469. The summed E-state index contributed by atoms with van der Waals surface area (Å²) < 4.78 is 22.5. The van der Waals surface area contributed by atoms with E-state index in [-0.39, 0.29) is 15.4 Å². The van der Waals surface area contributed by atoms with Crippen LogP contribution in [0.4, 0.5) is 5.69 Å². The summed E-state index contributed by atoms with van der Waals surface area (Å²) in [6, 6.07) is 6.57. The fourth-order valence-electron chi connectivity index (χ4n) is 1.36. The van der Waals surface area contributed by atoms with Crippen LogP contribution in [0.25, 0.3) is 0 Å². The third-order valence-corrected chi connectivity index (χ3v) is 4.07. The van der Waals surface area contributed by atoms with E-state index < -0.39 is 19.8 Å². The molecule has 0 aliphatic heterocycles. The van der Waals surface area contributed by atoms with Crippen molar-refractivity contribution in [3.63, 3.8) is 0 Å². The van der Waals surface area contributed by atoms with Crippen LogP contribution in [0.5, 0.6) is 0 Å². The minimum atomic E-state index is -3.56. The number of carbonyl (C=O) groups excluding carboxylic acids is 1. The molecule has 88 valence electrons. The number of anilines is 1. The van der Waals surface area contributed by atoms with Gasteiger partial charge in [-0.2, -0.15) is 0 Å². The lowest BCUT2D eigenvalue weighted by atomic mass is 10.2. The van der Waals surface area contributed by atoms with Crippen LogP contribution in [0.1, 0.15) is 13.8 Å². The van der Waals surface area contributed by atoms with Gasteiger partial charge in [0.1, 0.15) is 3.57 Å². The van der Waals surface area contributed by atoms with E-state index in [1.54, 1.807) is 39.1 Å². The van der Waals surface area contributed by atoms with Crippen LogP contribution in [0.3, 0.4) is 0 Å². The Morgan fingerprint density at radius 1 is 1.25 bits per heavy atom. The minimum absolute atomic E-state index is 0.0924. The summed E-state index contributed by atoms with van der Waals surface area (Å²) in [6.45, 7) is 3.57. The van der Waals surface area contributed by atoms with E-state index in [0.29, 0.717) is 5.69 Å². The van der Waals surface area contributed by atoms with Crippen LogP contribution in [0.2, 0.25) is 0 Å². The average molecular weight is 335 g/mol. The lowest BCUT2D eigenvalue weighted by Crippen LogP contribution is -2.30. The van der Waals surface area contributed by atoms with Gasteiger partial charge in [0.25, 0.3) is 0 Å². The van der Waals surface area contributed by atoms with Crippen molar-refractivity contribution in [3.05, 3.63) is 27.8 Å². The topological polar surface area (TPSA) is 54.5 Å². The van der Waals surface area contributed by atoms with Crippen LogP contribution in [-0.4, -0.2) is 13.0 Å². The highest BCUT2D eigenvalue weighted by atomic mass is 127. The number of hydrogen-bond acceptors (Lipinski definition) is 3. The normalized spacial score (nSPS) is 10.8. The van der Waals surface area contributed by atoms with E-state index in [1.165, 1.54) is 11.0 Å². The molecule has 0 aliphatic rings. The Morgan fingerprint density at radius 3 is 2.31 bits per heavy atom. The maximum Gasteiger partial charge on any atom is 0.342 e. The Morgan fingerprint density at radius 2 is 1.81 bits per heavy atom. The quantitative estimate of drug-likeness (QED) is 0.798. The Labute approximate surface area is 102 Å². The zero-order valence-electron chi connectivity index (χ0n) is 9.44. The summed E-state index contributed by atoms with van der Waals surface area (Å²) >= 11 is -3.56. The summed E-state index contributed by atoms with van der Waals surface area (Å²) in [4.78, 5) is 13.2. The van der Waals surface area contributed by atoms with Crippen molar-refractivity contribution in [3.8, 4) is 0 Å². The Bertz CT molecular complexity index is 458. The fourth-order valence-corrected chi connectivity index (χ4v) is 2.85. The van der Waals surface area contributed by atoms with Crippen LogP contribution in [0, 0.1) is 9.49 Å². The Balaban J connectivity index is 3.18. The highest BCUT2D eigenvalue weighted by Crippen LogP contribution is 2.28. The molecule has 0 spiro atoms.